The molecular formula is C19H23F2NO. The van der Waals surface area contributed by atoms with Crippen LogP contribution in [0.1, 0.15) is 44.6 Å². The van der Waals surface area contributed by atoms with Crippen molar-refractivity contribution in [3.63, 3.8) is 0 Å². The van der Waals surface area contributed by atoms with Crippen LogP contribution in [-0.2, 0) is 0 Å². The fourth-order valence-corrected chi connectivity index (χ4v) is 2.36. The Morgan fingerprint density at radius 1 is 0.957 bits per heavy atom. The first-order valence-electron chi connectivity index (χ1n) is 8.17. The van der Waals surface area contributed by atoms with Crippen LogP contribution < -0.4 is 4.74 Å². The number of nitrogens with zero attached hydrogens (tertiary/aromatic N) is 1. The van der Waals surface area contributed by atoms with E-state index in [9.17, 15) is 8.78 Å². The average Bonchev–Trinajstić information content (AvgIpc) is 2.56. The Bertz CT molecular complexity index is 626. The van der Waals surface area contributed by atoms with Gasteiger partial charge in [-0.1, -0.05) is 38.7 Å². The Balaban J connectivity index is 2.01. The molecule has 0 spiro atoms. The van der Waals surface area contributed by atoms with Crippen LogP contribution in [0.25, 0.3) is 11.3 Å². The monoisotopic (exact) mass is 319 g/mol. The summed E-state index contributed by atoms with van der Waals surface area (Å²) < 4.78 is 33.7. The minimum atomic E-state index is -0.946. The number of ether oxygens (including phenoxy) is 1. The van der Waals surface area contributed by atoms with Gasteiger partial charge in [0.1, 0.15) is 0 Å². The van der Waals surface area contributed by atoms with Gasteiger partial charge in [0.2, 0.25) is 5.82 Å². The molecule has 0 radical (unpaired) electrons. The van der Waals surface area contributed by atoms with E-state index in [1.54, 1.807) is 12.3 Å². The lowest BCUT2D eigenvalue weighted by Crippen LogP contribution is -2.02. The summed E-state index contributed by atoms with van der Waals surface area (Å²) in [6, 6.07) is 6.49. The average molecular weight is 319 g/mol. The first-order valence-corrected chi connectivity index (χ1v) is 8.17. The number of aryl methyl sites for hydroxylation is 1. The van der Waals surface area contributed by atoms with E-state index in [1.807, 2.05) is 13.0 Å². The summed E-state index contributed by atoms with van der Waals surface area (Å²) in [5, 5.41) is 0. The van der Waals surface area contributed by atoms with Crippen LogP contribution in [0.2, 0.25) is 0 Å². The highest BCUT2D eigenvalue weighted by molar-refractivity contribution is 5.61. The topological polar surface area (TPSA) is 22.1 Å². The predicted molar refractivity (Wildman–Crippen MR) is 88.6 cm³/mol. The molecule has 0 aliphatic rings. The number of aromatic nitrogens is 1. The van der Waals surface area contributed by atoms with E-state index in [4.69, 9.17) is 4.74 Å². The smallest absolute Gasteiger partial charge is 0.201 e. The molecule has 1 heterocycles. The van der Waals surface area contributed by atoms with E-state index in [0.717, 1.165) is 24.8 Å². The number of unbranched alkanes of at least 4 members (excludes halogenated alkanes) is 4. The van der Waals surface area contributed by atoms with Gasteiger partial charge in [-0.25, -0.2) is 4.39 Å². The minimum absolute atomic E-state index is 0.0335. The maximum absolute atomic E-state index is 14.2. The molecule has 4 heteroatoms. The van der Waals surface area contributed by atoms with Gasteiger partial charge in [0.25, 0.3) is 0 Å². The third-order valence-electron chi connectivity index (χ3n) is 3.74. The predicted octanol–water partition coefficient (Wildman–Crippen LogP) is 5.68. The van der Waals surface area contributed by atoms with Gasteiger partial charge in [-0.2, -0.15) is 4.39 Å². The molecule has 0 saturated heterocycles. The maximum Gasteiger partial charge on any atom is 0.201 e. The van der Waals surface area contributed by atoms with E-state index in [-0.39, 0.29) is 11.3 Å². The van der Waals surface area contributed by atoms with Gasteiger partial charge in [-0.05, 0) is 37.1 Å². The van der Waals surface area contributed by atoms with Crippen LogP contribution in [0.15, 0.2) is 30.5 Å². The second-order valence-electron chi connectivity index (χ2n) is 5.72. The Kier molecular flexibility index (Phi) is 6.51. The standard InChI is InChI=1S/C19H23F2NO/c1-3-4-5-6-7-12-23-17-11-9-15(18(20)19(17)21)16-10-8-14(2)13-22-16/h8-11,13H,3-7,12H2,1-2H3. The lowest BCUT2D eigenvalue weighted by atomic mass is 10.1. The SMILES string of the molecule is CCCCCCCOc1ccc(-c2ccc(C)cn2)c(F)c1F. The highest BCUT2D eigenvalue weighted by atomic mass is 19.2. The second-order valence-corrected chi connectivity index (χ2v) is 5.72. The molecule has 1 aromatic carbocycles. The van der Waals surface area contributed by atoms with E-state index < -0.39 is 11.6 Å². The van der Waals surface area contributed by atoms with Crippen LogP contribution >= 0.6 is 0 Å². The number of hydrogen-bond donors (Lipinski definition) is 0. The summed E-state index contributed by atoms with van der Waals surface area (Å²) in [4.78, 5) is 4.14. The molecule has 1 aromatic heterocycles. The van der Waals surface area contributed by atoms with E-state index >= 15 is 0 Å². The third kappa shape index (κ3) is 4.75. The van der Waals surface area contributed by atoms with Crippen molar-refractivity contribution in [1.82, 2.24) is 4.98 Å². The zero-order chi connectivity index (χ0) is 16.7. The molecule has 2 rings (SSSR count). The van der Waals surface area contributed by atoms with Crippen LogP contribution in [0.5, 0.6) is 5.75 Å². The molecular weight excluding hydrogens is 296 g/mol. The first-order chi connectivity index (χ1) is 11.1. The van der Waals surface area contributed by atoms with E-state index in [0.29, 0.717) is 12.3 Å². The molecule has 0 fully saturated rings. The largest absolute Gasteiger partial charge is 0.490 e. The quantitative estimate of drug-likeness (QED) is 0.584. The summed E-state index contributed by atoms with van der Waals surface area (Å²) in [5.41, 5.74) is 1.54. The molecule has 124 valence electrons. The molecule has 23 heavy (non-hydrogen) atoms. The Hall–Kier alpha value is -1.97. The fraction of sp³-hybridized carbons (Fsp3) is 0.421. The van der Waals surface area contributed by atoms with E-state index in [2.05, 4.69) is 11.9 Å². The van der Waals surface area contributed by atoms with Crippen LogP contribution in [0.4, 0.5) is 8.78 Å². The lowest BCUT2D eigenvalue weighted by Gasteiger charge is -2.10. The van der Waals surface area contributed by atoms with E-state index in [1.165, 1.54) is 25.0 Å². The lowest BCUT2D eigenvalue weighted by molar-refractivity contribution is 0.285. The molecule has 0 atom stereocenters. The van der Waals surface area contributed by atoms with Gasteiger partial charge in [0.05, 0.1) is 12.3 Å². The normalized spacial score (nSPS) is 10.8. The summed E-state index contributed by atoms with van der Waals surface area (Å²) in [7, 11) is 0. The van der Waals surface area contributed by atoms with Crippen molar-refractivity contribution < 1.29 is 13.5 Å². The number of rotatable bonds is 8. The first kappa shape index (κ1) is 17.4. The number of hydrogen-bond acceptors (Lipinski definition) is 2. The molecule has 0 saturated carbocycles. The van der Waals surface area contributed by atoms with Crippen molar-refractivity contribution >= 4 is 0 Å². The molecule has 0 amide bonds. The van der Waals surface area contributed by atoms with Crippen molar-refractivity contribution in [2.45, 2.75) is 46.0 Å². The summed E-state index contributed by atoms with van der Waals surface area (Å²) in [6.45, 7) is 4.45. The fourth-order valence-electron chi connectivity index (χ4n) is 2.36. The summed E-state index contributed by atoms with van der Waals surface area (Å²) in [5.74, 6) is -1.89. The van der Waals surface area contributed by atoms with Crippen molar-refractivity contribution in [2.24, 2.45) is 0 Å². The highest BCUT2D eigenvalue weighted by Gasteiger charge is 2.16. The van der Waals surface area contributed by atoms with Crippen molar-refractivity contribution in [3.8, 4) is 17.0 Å². The number of pyridine rings is 1. The van der Waals surface area contributed by atoms with Gasteiger partial charge in [0.15, 0.2) is 11.6 Å². The zero-order valence-electron chi connectivity index (χ0n) is 13.7. The minimum Gasteiger partial charge on any atom is -0.490 e. The maximum atomic E-state index is 14.2. The molecule has 0 unspecified atom stereocenters. The van der Waals surface area contributed by atoms with Crippen LogP contribution in [-0.4, -0.2) is 11.6 Å². The van der Waals surface area contributed by atoms with Gasteiger partial charge >= 0.3 is 0 Å². The van der Waals surface area contributed by atoms with Gasteiger partial charge < -0.3 is 4.74 Å². The Morgan fingerprint density at radius 2 is 1.74 bits per heavy atom. The molecule has 2 nitrogen and oxygen atoms in total. The third-order valence-corrected chi connectivity index (χ3v) is 3.74. The zero-order valence-corrected chi connectivity index (χ0v) is 13.7. The molecule has 0 bridgehead atoms. The molecule has 0 aliphatic heterocycles. The number of halogens is 2. The van der Waals surface area contributed by atoms with Crippen molar-refractivity contribution in [2.75, 3.05) is 6.61 Å². The Morgan fingerprint density at radius 3 is 2.43 bits per heavy atom. The summed E-state index contributed by atoms with van der Waals surface area (Å²) in [6.07, 6.45) is 7.05. The van der Waals surface area contributed by atoms with Gasteiger partial charge in [0, 0.05) is 11.8 Å². The second kappa shape index (κ2) is 8.61. The van der Waals surface area contributed by atoms with Crippen LogP contribution in [0, 0.1) is 18.6 Å². The molecule has 0 N–H and O–H groups in total. The van der Waals surface area contributed by atoms with Crippen molar-refractivity contribution in [3.05, 3.63) is 47.7 Å². The number of benzene rings is 1. The molecule has 0 aliphatic carbocycles. The molecule has 2 aromatic rings. The van der Waals surface area contributed by atoms with Gasteiger partial charge in [-0.15, -0.1) is 0 Å². The Labute approximate surface area is 136 Å². The van der Waals surface area contributed by atoms with Crippen molar-refractivity contribution in [1.29, 1.82) is 0 Å². The summed E-state index contributed by atoms with van der Waals surface area (Å²) >= 11 is 0. The van der Waals surface area contributed by atoms with Gasteiger partial charge in [-0.3, -0.25) is 4.98 Å². The highest BCUT2D eigenvalue weighted by Crippen LogP contribution is 2.29. The van der Waals surface area contributed by atoms with Crippen LogP contribution in [0.3, 0.4) is 0 Å².